The van der Waals surface area contributed by atoms with Gasteiger partial charge in [-0.1, -0.05) is 0 Å². The summed E-state index contributed by atoms with van der Waals surface area (Å²) in [5.74, 6) is 0.753. The summed E-state index contributed by atoms with van der Waals surface area (Å²) in [5, 5.41) is 2.86. The first-order valence-electron chi connectivity index (χ1n) is 6.38. The molecule has 2 rings (SSSR count). The van der Waals surface area contributed by atoms with E-state index in [9.17, 15) is 4.79 Å². The number of aryl methyl sites for hydroxylation is 1. The van der Waals surface area contributed by atoms with E-state index in [1.54, 1.807) is 20.4 Å². The van der Waals surface area contributed by atoms with Gasteiger partial charge >= 0.3 is 0 Å². The Morgan fingerprint density at radius 2 is 2.16 bits per heavy atom. The summed E-state index contributed by atoms with van der Waals surface area (Å²) in [5.41, 5.74) is 0.784. The van der Waals surface area contributed by atoms with Gasteiger partial charge in [-0.3, -0.25) is 4.79 Å². The van der Waals surface area contributed by atoms with Gasteiger partial charge in [0.25, 0.3) is 5.91 Å². The number of carbonyl (C=O) groups excluding carboxylic acids is 1. The van der Waals surface area contributed by atoms with Crippen molar-refractivity contribution in [2.45, 2.75) is 32.3 Å². The van der Waals surface area contributed by atoms with Crippen LogP contribution < -0.4 is 10.1 Å². The highest BCUT2D eigenvalue weighted by molar-refractivity contribution is 5.97. The van der Waals surface area contributed by atoms with Crippen molar-refractivity contribution < 1.29 is 14.3 Å². The molecule has 19 heavy (non-hydrogen) atoms. The Morgan fingerprint density at radius 1 is 1.47 bits per heavy atom. The van der Waals surface area contributed by atoms with Crippen LogP contribution in [0.5, 0.6) is 5.88 Å². The molecule has 0 saturated heterocycles. The SMILES string of the molecule is COc1ncc(NC(=O)[C@@](C)(OC)C2CC2)cc1C. The number of carbonyl (C=O) groups is 1. The highest BCUT2D eigenvalue weighted by Gasteiger charge is 2.47. The van der Waals surface area contributed by atoms with E-state index in [2.05, 4.69) is 10.3 Å². The van der Waals surface area contributed by atoms with E-state index in [1.807, 2.05) is 19.9 Å². The number of anilines is 1. The molecule has 1 aromatic rings. The maximum atomic E-state index is 12.3. The van der Waals surface area contributed by atoms with Crippen LogP contribution >= 0.6 is 0 Å². The molecule has 0 bridgehead atoms. The summed E-state index contributed by atoms with van der Waals surface area (Å²) in [7, 11) is 3.15. The lowest BCUT2D eigenvalue weighted by Gasteiger charge is -2.26. The predicted molar refractivity (Wildman–Crippen MR) is 72.3 cm³/mol. The van der Waals surface area contributed by atoms with Crippen molar-refractivity contribution in [1.29, 1.82) is 0 Å². The zero-order chi connectivity index (χ0) is 14.0. The molecule has 104 valence electrons. The van der Waals surface area contributed by atoms with E-state index in [0.717, 1.165) is 18.4 Å². The van der Waals surface area contributed by atoms with Crippen LogP contribution in [0.3, 0.4) is 0 Å². The van der Waals surface area contributed by atoms with Crippen molar-refractivity contribution in [2.24, 2.45) is 5.92 Å². The number of nitrogens with one attached hydrogen (secondary N) is 1. The third-order valence-electron chi connectivity index (χ3n) is 3.71. The molecule has 1 heterocycles. The first kappa shape index (κ1) is 13.8. The number of ether oxygens (including phenoxy) is 2. The minimum absolute atomic E-state index is 0.121. The van der Waals surface area contributed by atoms with Gasteiger partial charge < -0.3 is 14.8 Å². The topological polar surface area (TPSA) is 60.5 Å². The summed E-state index contributed by atoms with van der Waals surface area (Å²) in [6.07, 6.45) is 3.67. The fraction of sp³-hybridized carbons (Fsp3) is 0.571. The summed E-state index contributed by atoms with van der Waals surface area (Å²) in [6.45, 7) is 3.72. The molecule has 1 N–H and O–H groups in total. The molecule has 0 radical (unpaired) electrons. The van der Waals surface area contributed by atoms with Crippen molar-refractivity contribution in [3.8, 4) is 5.88 Å². The largest absolute Gasteiger partial charge is 0.481 e. The van der Waals surface area contributed by atoms with Crippen LogP contribution in [0.4, 0.5) is 5.69 Å². The van der Waals surface area contributed by atoms with Gasteiger partial charge in [0.15, 0.2) is 0 Å². The minimum atomic E-state index is -0.756. The minimum Gasteiger partial charge on any atom is -0.481 e. The first-order valence-corrected chi connectivity index (χ1v) is 6.38. The molecule has 1 atom stereocenters. The van der Waals surface area contributed by atoms with E-state index < -0.39 is 5.60 Å². The molecule has 1 aromatic heterocycles. The van der Waals surface area contributed by atoms with Crippen LogP contribution in [0.25, 0.3) is 0 Å². The molecule has 1 fully saturated rings. The number of hydrogen-bond donors (Lipinski definition) is 1. The van der Waals surface area contributed by atoms with Crippen molar-refractivity contribution >= 4 is 11.6 Å². The van der Waals surface area contributed by atoms with Gasteiger partial charge in [0.2, 0.25) is 5.88 Å². The summed E-state index contributed by atoms with van der Waals surface area (Å²) >= 11 is 0. The second kappa shape index (κ2) is 5.17. The van der Waals surface area contributed by atoms with Gasteiger partial charge in [0.05, 0.1) is 19.0 Å². The third kappa shape index (κ3) is 2.71. The quantitative estimate of drug-likeness (QED) is 0.885. The van der Waals surface area contributed by atoms with Gasteiger partial charge in [-0.25, -0.2) is 4.98 Å². The predicted octanol–water partition coefficient (Wildman–Crippen LogP) is 2.15. The molecule has 0 unspecified atom stereocenters. The van der Waals surface area contributed by atoms with Crippen molar-refractivity contribution in [1.82, 2.24) is 4.98 Å². The molecule has 0 aliphatic heterocycles. The second-order valence-corrected chi connectivity index (χ2v) is 5.09. The molecule has 1 saturated carbocycles. The Morgan fingerprint density at radius 3 is 2.63 bits per heavy atom. The van der Waals surface area contributed by atoms with E-state index in [4.69, 9.17) is 9.47 Å². The molecule has 0 spiro atoms. The van der Waals surface area contributed by atoms with E-state index in [1.165, 1.54) is 0 Å². The van der Waals surface area contributed by atoms with Gasteiger partial charge in [0, 0.05) is 12.7 Å². The van der Waals surface area contributed by atoms with Crippen LogP contribution in [0, 0.1) is 12.8 Å². The number of hydrogen-bond acceptors (Lipinski definition) is 4. The fourth-order valence-corrected chi connectivity index (χ4v) is 2.18. The lowest BCUT2D eigenvalue weighted by atomic mass is 9.99. The fourth-order valence-electron chi connectivity index (χ4n) is 2.18. The third-order valence-corrected chi connectivity index (χ3v) is 3.71. The zero-order valence-corrected chi connectivity index (χ0v) is 11.8. The van der Waals surface area contributed by atoms with Gasteiger partial charge in [-0.2, -0.15) is 0 Å². The van der Waals surface area contributed by atoms with Crippen molar-refractivity contribution in [3.63, 3.8) is 0 Å². The van der Waals surface area contributed by atoms with Crippen LogP contribution in [-0.4, -0.2) is 30.7 Å². The summed E-state index contributed by atoms with van der Waals surface area (Å²) < 4.78 is 10.5. The average Bonchev–Trinajstić information content (AvgIpc) is 3.22. The highest BCUT2D eigenvalue weighted by atomic mass is 16.5. The Labute approximate surface area is 113 Å². The van der Waals surface area contributed by atoms with E-state index in [0.29, 0.717) is 17.5 Å². The smallest absolute Gasteiger partial charge is 0.256 e. The number of amides is 1. The normalized spacial score (nSPS) is 17.7. The number of methoxy groups -OCH3 is 2. The molecule has 1 aliphatic rings. The number of aromatic nitrogens is 1. The Balaban J connectivity index is 2.12. The Kier molecular flexibility index (Phi) is 3.75. The molecular formula is C14H20N2O3. The van der Waals surface area contributed by atoms with E-state index >= 15 is 0 Å². The lowest BCUT2D eigenvalue weighted by molar-refractivity contribution is -0.138. The maximum Gasteiger partial charge on any atom is 0.256 e. The van der Waals surface area contributed by atoms with Gasteiger partial charge in [-0.05, 0) is 38.7 Å². The van der Waals surface area contributed by atoms with Crippen LogP contribution in [0.15, 0.2) is 12.3 Å². The monoisotopic (exact) mass is 264 g/mol. The van der Waals surface area contributed by atoms with E-state index in [-0.39, 0.29) is 5.91 Å². The number of nitrogens with zero attached hydrogens (tertiary/aromatic N) is 1. The number of rotatable bonds is 5. The molecule has 0 aromatic carbocycles. The van der Waals surface area contributed by atoms with Crippen molar-refractivity contribution in [3.05, 3.63) is 17.8 Å². The van der Waals surface area contributed by atoms with Crippen LogP contribution in [0.2, 0.25) is 0 Å². The number of pyridine rings is 1. The summed E-state index contributed by atoms with van der Waals surface area (Å²) in [6, 6.07) is 1.84. The molecule has 5 nitrogen and oxygen atoms in total. The maximum absolute atomic E-state index is 12.3. The molecular weight excluding hydrogens is 244 g/mol. The van der Waals surface area contributed by atoms with Crippen LogP contribution in [-0.2, 0) is 9.53 Å². The average molecular weight is 264 g/mol. The summed E-state index contributed by atoms with van der Waals surface area (Å²) in [4.78, 5) is 16.5. The van der Waals surface area contributed by atoms with Gasteiger partial charge in [-0.15, -0.1) is 0 Å². The Bertz CT molecular complexity index is 486. The standard InChI is InChI=1S/C14H20N2O3/c1-9-7-11(8-15-12(9)18-3)16-13(17)14(2,19-4)10-5-6-10/h7-8,10H,5-6H2,1-4H3,(H,16,17)/t14-/m0/s1. The molecule has 1 aliphatic carbocycles. The highest BCUT2D eigenvalue weighted by Crippen LogP contribution is 2.42. The zero-order valence-electron chi connectivity index (χ0n) is 11.8. The Hall–Kier alpha value is -1.62. The van der Waals surface area contributed by atoms with Crippen LogP contribution in [0.1, 0.15) is 25.3 Å². The van der Waals surface area contributed by atoms with Crippen molar-refractivity contribution in [2.75, 3.05) is 19.5 Å². The van der Waals surface area contributed by atoms with Gasteiger partial charge in [0.1, 0.15) is 5.60 Å². The molecule has 1 amide bonds. The first-order chi connectivity index (χ1) is 9.01. The lowest BCUT2D eigenvalue weighted by Crippen LogP contribution is -2.44. The molecule has 5 heteroatoms. The second-order valence-electron chi connectivity index (χ2n) is 5.09.